The molecule has 1 fully saturated rings. The highest BCUT2D eigenvalue weighted by Gasteiger charge is 2.67. The predicted octanol–water partition coefficient (Wildman–Crippen LogP) is 4.43. The van der Waals surface area contributed by atoms with Gasteiger partial charge in [-0.2, -0.15) is 0 Å². The Kier molecular flexibility index (Phi) is 5.96. The minimum absolute atomic E-state index is 0.264. The van der Waals surface area contributed by atoms with E-state index < -0.39 is 16.9 Å². The van der Waals surface area contributed by atoms with E-state index in [1.165, 1.54) is 0 Å². The second kappa shape index (κ2) is 8.27. The lowest BCUT2D eigenvalue weighted by Gasteiger charge is -2.21. The van der Waals surface area contributed by atoms with Crippen molar-refractivity contribution in [3.05, 3.63) is 65.7 Å². The Morgan fingerprint density at radius 2 is 1.69 bits per heavy atom. The van der Waals surface area contributed by atoms with Crippen molar-refractivity contribution in [3.63, 3.8) is 0 Å². The Morgan fingerprint density at radius 1 is 1.03 bits per heavy atom. The SMILES string of the molecule is CCOC(=O)C1(c2ccc(OCc3ccccc3)cc2)CC1C(=O)OC(C)(C)C. The second-order valence-electron chi connectivity index (χ2n) is 8.28. The standard InChI is InChI=1S/C24H28O5/c1-5-27-22(26)24(15-20(24)21(25)29-23(2,3)4)18-11-13-19(14-12-18)28-16-17-9-7-6-8-10-17/h6-14,20H,5,15-16H2,1-4H3. The van der Waals surface area contributed by atoms with Crippen LogP contribution in [0.15, 0.2) is 54.6 Å². The highest BCUT2D eigenvalue weighted by molar-refractivity contribution is 5.96. The molecule has 5 nitrogen and oxygen atoms in total. The number of carbonyl (C=O) groups is 2. The zero-order valence-corrected chi connectivity index (χ0v) is 17.4. The second-order valence-corrected chi connectivity index (χ2v) is 8.28. The van der Waals surface area contributed by atoms with Gasteiger partial charge in [-0.15, -0.1) is 0 Å². The summed E-state index contributed by atoms with van der Waals surface area (Å²) in [7, 11) is 0. The summed E-state index contributed by atoms with van der Waals surface area (Å²) in [6, 6.07) is 17.2. The minimum atomic E-state index is -0.976. The molecule has 2 aromatic carbocycles. The first-order valence-corrected chi connectivity index (χ1v) is 9.93. The van der Waals surface area contributed by atoms with Gasteiger partial charge in [0.25, 0.3) is 0 Å². The topological polar surface area (TPSA) is 61.8 Å². The molecule has 0 spiro atoms. The maximum absolute atomic E-state index is 12.7. The van der Waals surface area contributed by atoms with Gasteiger partial charge in [0.15, 0.2) is 0 Å². The zero-order valence-electron chi connectivity index (χ0n) is 17.4. The fourth-order valence-corrected chi connectivity index (χ4v) is 3.43. The van der Waals surface area contributed by atoms with Crippen molar-refractivity contribution >= 4 is 11.9 Å². The average molecular weight is 396 g/mol. The summed E-state index contributed by atoms with van der Waals surface area (Å²) in [6.07, 6.45) is 0.394. The Labute approximate surface area is 172 Å². The van der Waals surface area contributed by atoms with Crippen LogP contribution in [0.4, 0.5) is 0 Å². The number of carbonyl (C=O) groups excluding carboxylic acids is 2. The number of benzene rings is 2. The van der Waals surface area contributed by atoms with Crippen molar-refractivity contribution < 1.29 is 23.8 Å². The van der Waals surface area contributed by atoms with E-state index in [4.69, 9.17) is 14.2 Å². The summed E-state index contributed by atoms with van der Waals surface area (Å²) >= 11 is 0. The van der Waals surface area contributed by atoms with Crippen LogP contribution in [0.5, 0.6) is 5.75 Å². The lowest BCUT2D eigenvalue weighted by Crippen LogP contribution is -2.31. The molecule has 5 heteroatoms. The van der Waals surface area contributed by atoms with Gasteiger partial charge in [-0.25, -0.2) is 0 Å². The molecule has 0 aromatic heterocycles. The molecule has 0 amide bonds. The van der Waals surface area contributed by atoms with Crippen LogP contribution in [-0.4, -0.2) is 24.1 Å². The molecule has 1 aliphatic carbocycles. The smallest absolute Gasteiger partial charge is 0.317 e. The Morgan fingerprint density at radius 3 is 2.28 bits per heavy atom. The molecule has 0 saturated heterocycles. The summed E-state index contributed by atoms with van der Waals surface area (Å²) in [5.41, 5.74) is 0.247. The van der Waals surface area contributed by atoms with Crippen molar-refractivity contribution in [2.45, 2.75) is 51.7 Å². The fourth-order valence-electron chi connectivity index (χ4n) is 3.43. The highest BCUT2D eigenvalue weighted by Crippen LogP contribution is 2.56. The summed E-state index contributed by atoms with van der Waals surface area (Å²) < 4.78 is 16.6. The van der Waals surface area contributed by atoms with Gasteiger partial charge in [0.2, 0.25) is 0 Å². The molecule has 3 rings (SSSR count). The van der Waals surface area contributed by atoms with E-state index >= 15 is 0 Å². The monoisotopic (exact) mass is 396 g/mol. The molecular formula is C24H28O5. The van der Waals surface area contributed by atoms with Gasteiger partial charge in [0.1, 0.15) is 23.4 Å². The van der Waals surface area contributed by atoms with Crippen LogP contribution in [-0.2, 0) is 31.1 Å². The normalized spacial score (nSPS) is 20.6. The molecule has 0 N–H and O–H groups in total. The van der Waals surface area contributed by atoms with Crippen LogP contribution >= 0.6 is 0 Å². The van der Waals surface area contributed by atoms with E-state index in [1.807, 2.05) is 75.4 Å². The molecule has 0 heterocycles. The fraction of sp³-hybridized carbons (Fsp3) is 0.417. The largest absolute Gasteiger partial charge is 0.489 e. The Bertz CT molecular complexity index is 851. The molecule has 0 aliphatic heterocycles. The number of hydrogen-bond acceptors (Lipinski definition) is 5. The number of rotatable bonds is 7. The first kappa shape index (κ1) is 20.9. The van der Waals surface area contributed by atoms with Crippen LogP contribution in [0.3, 0.4) is 0 Å². The summed E-state index contributed by atoms with van der Waals surface area (Å²) in [5.74, 6) is -0.577. The number of hydrogen-bond donors (Lipinski definition) is 0. The van der Waals surface area contributed by atoms with E-state index in [1.54, 1.807) is 6.92 Å². The molecule has 29 heavy (non-hydrogen) atoms. The molecule has 2 atom stereocenters. The van der Waals surface area contributed by atoms with E-state index in [0.29, 0.717) is 18.8 Å². The lowest BCUT2D eigenvalue weighted by atomic mass is 9.93. The van der Waals surface area contributed by atoms with Gasteiger partial charge in [0, 0.05) is 0 Å². The third-order valence-electron chi connectivity index (χ3n) is 4.91. The number of ether oxygens (including phenoxy) is 3. The van der Waals surface area contributed by atoms with Crippen LogP contribution in [0.25, 0.3) is 0 Å². The molecule has 0 bridgehead atoms. The van der Waals surface area contributed by atoms with Crippen molar-refractivity contribution in [1.82, 2.24) is 0 Å². The van der Waals surface area contributed by atoms with Gasteiger partial charge >= 0.3 is 11.9 Å². The maximum Gasteiger partial charge on any atom is 0.317 e. The Balaban J connectivity index is 1.75. The maximum atomic E-state index is 12.7. The minimum Gasteiger partial charge on any atom is -0.489 e. The lowest BCUT2D eigenvalue weighted by molar-refractivity contribution is -0.160. The molecule has 0 radical (unpaired) electrons. The van der Waals surface area contributed by atoms with Crippen molar-refractivity contribution in [1.29, 1.82) is 0 Å². The van der Waals surface area contributed by atoms with E-state index in [2.05, 4.69) is 0 Å². The van der Waals surface area contributed by atoms with Gasteiger partial charge in [-0.05, 0) is 57.4 Å². The van der Waals surface area contributed by atoms with E-state index in [-0.39, 0.29) is 18.5 Å². The quantitative estimate of drug-likeness (QED) is 0.648. The summed E-state index contributed by atoms with van der Waals surface area (Å²) in [6.45, 7) is 7.94. The number of esters is 2. The van der Waals surface area contributed by atoms with Crippen molar-refractivity contribution in [2.75, 3.05) is 6.61 Å². The zero-order chi connectivity index (χ0) is 21.1. The van der Waals surface area contributed by atoms with E-state index in [9.17, 15) is 9.59 Å². The molecule has 1 aliphatic rings. The molecule has 1 saturated carbocycles. The molecule has 154 valence electrons. The van der Waals surface area contributed by atoms with Gasteiger partial charge in [-0.3, -0.25) is 9.59 Å². The van der Waals surface area contributed by atoms with Crippen molar-refractivity contribution in [2.24, 2.45) is 5.92 Å². The summed E-state index contributed by atoms with van der Waals surface area (Å²) in [5, 5.41) is 0. The Hall–Kier alpha value is -2.82. The van der Waals surface area contributed by atoms with Crippen LogP contribution in [0.2, 0.25) is 0 Å². The third kappa shape index (κ3) is 4.78. The van der Waals surface area contributed by atoms with Crippen LogP contribution < -0.4 is 4.74 Å². The van der Waals surface area contributed by atoms with Crippen molar-refractivity contribution in [3.8, 4) is 5.75 Å². The molecular weight excluding hydrogens is 368 g/mol. The first-order valence-electron chi connectivity index (χ1n) is 9.93. The first-order chi connectivity index (χ1) is 13.8. The highest BCUT2D eigenvalue weighted by atomic mass is 16.6. The molecule has 2 unspecified atom stereocenters. The summed E-state index contributed by atoms with van der Waals surface area (Å²) in [4.78, 5) is 25.3. The van der Waals surface area contributed by atoms with Gasteiger partial charge < -0.3 is 14.2 Å². The predicted molar refractivity (Wildman–Crippen MR) is 109 cm³/mol. The third-order valence-corrected chi connectivity index (χ3v) is 4.91. The van der Waals surface area contributed by atoms with Gasteiger partial charge in [0.05, 0.1) is 12.5 Å². The van der Waals surface area contributed by atoms with Crippen LogP contribution in [0, 0.1) is 5.92 Å². The van der Waals surface area contributed by atoms with E-state index in [0.717, 1.165) is 11.1 Å². The molecule has 2 aromatic rings. The average Bonchev–Trinajstić information content (AvgIpc) is 3.44. The van der Waals surface area contributed by atoms with Crippen LogP contribution in [0.1, 0.15) is 45.2 Å². The van der Waals surface area contributed by atoms with Gasteiger partial charge in [-0.1, -0.05) is 42.5 Å².